The van der Waals surface area contributed by atoms with Crippen LogP contribution < -0.4 is 4.74 Å². The Hall–Kier alpha value is -0.550. The number of aromatic nitrogens is 1. The molecule has 0 saturated carbocycles. The topological polar surface area (TPSA) is 22.1 Å². The molecule has 1 aromatic carbocycles. The predicted octanol–water partition coefficient (Wildman–Crippen LogP) is 5.52. The fourth-order valence-electron chi connectivity index (χ4n) is 1.32. The number of ether oxygens (including phenoxy) is 1. The van der Waals surface area contributed by atoms with Gasteiger partial charge in [-0.2, -0.15) is 0 Å². The summed E-state index contributed by atoms with van der Waals surface area (Å²) in [5.41, 5.74) is 0.630. The van der Waals surface area contributed by atoms with Gasteiger partial charge in [-0.05, 0) is 34.1 Å². The first-order valence-electron chi connectivity index (χ1n) is 5.05. The predicted molar refractivity (Wildman–Crippen MR) is 77.7 cm³/mol. The number of pyridine rings is 1. The van der Waals surface area contributed by atoms with Gasteiger partial charge in [0.25, 0.3) is 0 Å². The van der Waals surface area contributed by atoms with E-state index in [0.717, 1.165) is 0 Å². The first kappa shape index (κ1) is 14.9. The van der Waals surface area contributed by atoms with Crippen molar-refractivity contribution in [3.63, 3.8) is 0 Å². The van der Waals surface area contributed by atoms with Gasteiger partial charge in [0.15, 0.2) is 0 Å². The molecule has 0 N–H and O–H groups in total. The van der Waals surface area contributed by atoms with Crippen molar-refractivity contribution in [1.29, 1.82) is 0 Å². The molecule has 1 heterocycles. The van der Waals surface area contributed by atoms with Crippen LogP contribution in [-0.4, -0.2) is 4.98 Å². The van der Waals surface area contributed by atoms with E-state index in [-0.39, 0.29) is 22.0 Å². The minimum Gasteiger partial charge on any atom is -0.487 e. The lowest BCUT2D eigenvalue weighted by molar-refractivity contribution is 0.304. The lowest BCUT2D eigenvalue weighted by Crippen LogP contribution is -1.98. The van der Waals surface area contributed by atoms with Gasteiger partial charge >= 0.3 is 0 Å². The number of rotatable bonds is 3. The largest absolute Gasteiger partial charge is 0.487 e. The van der Waals surface area contributed by atoms with Crippen molar-refractivity contribution < 1.29 is 9.13 Å². The van der Waals surface area contributed by atoms with E-state index < -0.39 is 5.82 Å². The molecule has 0 aliphatic rings. The van der Waals surface area contributed by atoms with Crippen LogP contribution in [0.5, 0.6) is 5.75 Å². The van der Waals surface area contributed by atoms with Crippen molar-refractivity contribution >= 4 is 50.7 Å². The molecule has 0 aliphatic carbocycles. The molecular formula is C12H6BrCl3FNO. The van der Waals surface area contributed by atoms with Crippen LogP contribution in [0.1, 0.15) is 5.56 Å². The molecule has 2 nitrogen and oxygen atoms in total. The number of benzene rings is 1. The molecule has 2 aromatic rings. The third-order valence-corrected chi connectivity index (χ3v) is 3.69. The highest BCUT2D eigenvalue weighted by molar-refractivity contribution is 9.10. The molecule has 100 valence electrons. The SMILES string of the molecule is Fc1cc(OCc2ccc(Cl)nc2Cl)c(Cl)cc1Br. The summed E-state index contributed by atoms with van der Waals surface area (Å²) < 4.78 is 19.1. The first-order valence-corrected chi connectivity index (χ1v) is 6.98. The van der Waals surface area contributed by atoms with Crippen LogP contribution in [0.2, 0.25) is 15.3 Å². The molecule has 0 spiro atoms. The number of hydrogen-bond acceptors (Lipinski definition) is 2. The zero-order valence-electron chi connectivity index (χ0n) is 9.26. The molecule has 1 aromatic heterocycles. The third-order valence-electron chi connectivity index (χ3n) is 2.25. The molecule has 2 rings (SSSR count). The summed E-state index contributed by atoms with van der Waals surface area (Å²) >= 11 is 20.6. The van der Waals surface area contributed by atoms with Gasteiger partial charge in [0.05, 0.1) is 9.50 Å². The van der Waals surface area contributed by atoms with Crippen molar-refractivity contribution in [2.24, 2.45) is 0 Å². The standard InChI is InChI=1S/C12H6BrCl3FNO/c13-7-3-8(14)10(4-9(7)17)19-5-6-1-2-11(15)18-12(6)16/h1-4H,5H2. The number of nitrogens with zero attached hydrogens (tertiary/aromatic N) is 1. The van der Waals surface area contributed by atoms with Gasteiger partial charge in [-0.25, -0.2) is 9.37 Å². The van der Waals surface area contributed by atoms with E-state index in [1.807, 2.05) is 0 Å². The lowest BCUT2D eigenvalue weighted by atomic mass is 10.3. The normalized spacial score (nSPS) is 10.6. The average molecular weight is 385 g/mol. The molecule has 0 bridgehead atoms. The van der Waals surface area contributed by atoms with Gasteiger partial charge in [0.1, 0.15) is 28.5 Å². The van der Waals surface area contributed by atoms with E-state index in [2.05, 4.69) is 20.9 Å². The molecule has 0 aliphatic heterocycles. The summed E-state index contributed by atoms with van der Waals surface area (Å²) in [6.07, 6.45) is 0. The van der Waals surface area contributed by atoms with Crippen LogP contribution in [0.25, 0.3) is 0 Å². The summed E-state index contributed by atoms with van der Waals surface area (Å²) in [5.74, 6) is -0.229. The van der Waals surface area contributed by atoms with E-state index in [4.69, 9.17) is 39.5 Å². The quantitative estimate of drug-likeness (QED) is 0.512. The highest BCUT2D eigenvalue weighted by Gasteiger charge is 2.10. The van der Waals surface area contributed by atoms with Gasteiger partial charge in [-0.1, -0.05) is 34.8 Å². The summed E-state index contributed by atoms with van der Waals surface area (Å²) in [6, 6.07) is 5.90. The average Bonchev–Trinajstić information content (AvgIpc) is 2.34. The van der Waals surface area contributed by atoms with Gasteiger partial charge in [-0.15, -0.1) is 0 Å². The van der Waals surface area contributed by atoms with Crippen molar-refractivity contribution in [1.82, 2.24) is 4.98 Å². The van der Waals surface area contributed by atoms with Crippen LogP contribution in [0.15, 0.2) is 28.7 Å². The van der Waals surface area contributed by atoms with Crippen molar-refractivity contribution in [2.75, 3.05) is 0 Å². The van der Waals surface area contributed by atoms with Crippen LogP contribution in [0, 0.1) is 5.82 Å². The van der Waals surface area contributed by atoms with Gasteiger partial charge in [0.2, 0.25) is 0 Å². The molecule has 0 unspecified atom stereocenters. The van der Waals surface area contributed by atoms with Crippen molar-refractivity contribution in [3.05, 3.63) is 55.4 Å². The highest BCUT2D eigenvalue weighted by atomic mass is 79.9. The number of halogens is 5. The minimum atomic E-state index is -0.459. The highest BCUT2D eigenvalue weighted by Crippen LogP contribution is 2.31. The summed E-state index contributed by atoms with van der Waals surface area (Å²) in [5, 5.41) is 0.828. The maximum absolute atomic E-state index is 13.4. The third kappa shape index (κ3) is 3.72. The molecule has 19 heavy (non-hydrogen) atoms. The maximum atomic E-state index is 13.4. The van der Waals surface area contributed by atoms with Crippen LogP contribution in [0.3, 0.4) is 0 Å². The molecule has 0 amide bonds. The van der Waals surface area contributed by atoms with E-state index >= 15 is 0 Å². The van der Waals surface area contributed by atoms with Crippen LogP contribution in [-0.2, 0) is 6.61 Å². The van der Waals surface area contributed by atoms with E-state index in [1.54, 1.807) is 12.1 Å². The molecule has 0 radical (unpaired) electrons. The van der Waals surface area contributed by atoms with E-state index in [0.29, 0.717) is 15.7 Å². The Balaban J connectivity index is 2.16. The Morgan fingerprint density at radius 2 is 1.95 bits per heavy atom. The second-order valence-corrected chi connectivity index (χ2v) is 5.58. The molecular weight excluding hydrogens is 379 g/mol. The van der Waals surface area contributed by atoms with Crippen molar-refractivity contribution in [2.45, 2.75) is 6.61 Å². The van der Waals surface area contributed by atoms with Crippen LogP contribution in [0.4, 0.5) is 4.39 Å². The van der Waals surface area contributed by atoms with Crippen molar-refractivity contribution in [3.8, 4) is 5.75 Å². The van der Waals surface area contributed by atoms with Gasteiger partial charge < -0.3 is 4.74 Å². The number of hydrogen-bond donors (Lipinski definition) is 0. The molecule has 0 saturated heterocycles. The molecule has 7 heteroatoms. The first-order chi connectivity index (χ1) is 8.97. The smallest absolute Gasteiger partial charge is 0.141 e. The Kier molecular flexibility index (Phi) is 4.90. The lowest BCUT2D eigenvalue weighted by Gasteiger charge is -2.09. The Bertz CT molecular complexity index is 624. The minimum absolute atomic E-state index is 0.115. The zero-order chi connectivity index (χ0) is 14.0. The van der Waals surface area contributed by atoms with Crippen LogP contribution >= 0.6 is 50.7 Å². The fourth-order valence-corrected chi connectivity index (χ4v) is 2.41. The molecule has 0 fully saturated rings. The van der Waals surface area contributed by atoms with E-state index in [1.165, 1.54) is 12.1 Å². The summed E-state index contributed by atoms with van der Waals surface area (Å²) in [7, 11) is 0. The Morgan fingerprint density at radius 1 is 1.21 bits per heavy atom. The Labute approximate surface area is 132 Å². The molecule has 0 atom stereocenters. The summed E-state index contributed by atoms with van der Waals surface area (Å²) in [4.78, 5) is 3.88. The van der Waals surface area contributed by atoms with Gasteiger partial charge in [0, 0.05) is 11.6 Å². The monoisotopic (exact) mass is 383 g/mol. The van der Waals surface area contributed by atoms with E-state index in [9.17, 15) is 4.39 Å². The summed E-state index contributed by atoms with van der Waals surface area (Å²) in [6.45, 7) is 0.115. The van der Waals surface area contributed by atoms with Gasteiger partial charge in [-0.3, -0.25) is 0 Å². The fraction of sp³-hybridized carbons (Fsp3) is 0.0833. The zero-order valence-corrected chi connectivity index (χ0v) is 13.1. The maximum Gasteiger partial charge on any atom is 0.141 e. The Morgan fingerprint density at radius 3 is 2.63 bits per heavy atom. The second-order valence-electron chi connectivity index (χ2n) is 3.57. The second kappa shape index (κ2) is 6.27.